The SMILES string of the molecule is CCCCNC(=O)[C@H](CC)N(CCc1ccccc1)C(=O)CN(c1ccc(Oc2ccccc2)cc1)S(=O)(=O)c1ccccc1. The Morgan fingerprint density at radius 2 is 1.36 bits per heavy atom. The van der Waals surface area contributed by atoms with Crippen molar-refractivity contribution < 1.29 is 22.7 Å². The third-order valence-corrected chi connectivity index (χ3v) is 9.20. The summed E-state index contributed by atoms with van der Waals surface area (Å²) < 4.78 is 35.1. The zero-order valence-corrected chi connectivity index (χ0v) is 26.7. The number of anilines is 1. The predicted molar refractivity (Wildman–Crippen MR) is 178 cm³/mol. The van der Waals surface area contributed by atoms with Crippen molar-refractivity contribution in [3.8, 4) is 11.5 Å². The van der Waals surface area contributed by atoms with E-state index < -0.39 is 28.5 Å². The first-order valence-electron chi connectivity index (χ1n) is 15.3. The number of nitrogens with one attached hydrogen (secondary N) is 1. The number of para-hydroxylation sites is 1. The predicted octanol–water partition coefficient (Wildman–Crippen LogP) is 6.44. The van der Waals surface area contributed by atoms with E-state index in [1.165, 1.54) is 17.0 Å². The number of amides is 2. The maximum Gasteiger partial charge on any atom is 0.264 e. The molecule has 0 spiro atoms. The molecule has 0 heterocycles. The second kappa shape index (κ2) is 16.4. The van der Waals surface area contributed by atoms with Crippen molar-refractivity contribution in [2.45, 2.75) is 50.5 Å². The van der Waals surface area contributed by atoms with Crippen molar-refractivity contribution in [1.29, 1.82) is 0 Å². The summed E-state index contributed by atoms with van der Waals surface area (Å²) in [7, 11) is -4.15. The molecule has 4 aromatic carbocycles. The van der Waals surface area contributed by atoms with Crippen LogP contribution in [0.3, 0.4) is 0 Å². The molecule has 4 rings (SSSR count). The minimum absolute atomic E-state index is 0.0580. The molecule has 1 N–H and O–H groups in total. The van der Waals surface area contributed by atoms with Gasteiger partial charge in [-0.1, -0.05) is 87.0 Å². The maximum absolute atomic E-state index is 14.2. The van der Waals surface area contributed by atoms with Crippen molar-refractivity contribution in [3.63, 3.8) is 0 Å². The van der Waals surface area contributed by atoms with Crippen LogP contribution in [0.4, 0.5) is 5.69 Å². The number of nitrogens with zero attached hydrogens (tertiary/aromatic N) is 2. The van der Waals surface area contributed by atoms with E-state index in [-0.39, 0.29) is 17.3 Å². The molecule has 0 aromatic heterocycles. The zero-order valence-electron chi connectivity index (χ0n) is 25.8. The Kier molecular flexibility index (Phi) is 12.2. The first-order valence-corrected chi connectivity index (χ1v) is 16.8. The van der Waals surface area contributed by atoms with Gasteiger partial charge in [0.2, 0.25) is 11.8 Å². The molecule has 1 atom stereocenters. The van der Waals surface area contributed by atoms with Gasteiger partial charge in [0.1, 0.15) is 24.1 Å². The fourth-order valence-electron chi connectivity index (χ4n) is 4.96. The fourth-order valence-corrected chi connectivity index (χ4v) is 6.39. The summed E-state index contributed by atoms with van der Waals surface area (Å²) in [6.07, 6.45) is 2.65. The Hall–Kier alpha value is -4.63. The lowest BCUT2D eigenvalue weighted by Gasteiger charge is -2.33. The summed E-state index contributed by atoms with van der Waals surface area (Å²) in [6.45, 7) is 4.19. The van der Waals surface area contributed by atoms with E-state index in [9.17, 15) is 18.0 Å². The van der Waals surface area contributed by atoms with E-state index in [1.807, 2.05) is 74.5 Å². The molecule has 0 unspecified atom stereocenters. The highest BCUT2D eigenvalue weighted by Gasteiger charge is 2.33. The van der Waals surface area contributed by atoms with Gasteiger partial charge in [-0.25, -0.2) is 8.42 Å². The third kappa shape index (κ3) is 9.18. The Morgan fingerprint density at radius 3 is 1.96 bits per heavy atom. The molecule has 0 fully saturated rings. The topological polar surface area (TPSA) is 96.0 Å². The summed E-state index contributed by atoms with van der Waals surface area (Å²) in [5, 5.41) is 2.96. The van der Waals surface area contributed by atoms with Crippen molar-refractivity contribution in [2.75, 3.05) is 23.9 Å². The van der Waals surface area contributed by atoms with Crippen LogP contribution in [0.5, 0.6) is 11.5 Å². The average Bonchev–Trinajstić information content (AvgIpc) is 3.07. The molecule has 0 aliphatic carbocycles. The van der Waals surface area contributed by atoms with E-state index in [0.29, 0.717) is 36.6 Å². The monoisotopic (exact) mass is 627 g/mol. The number of benzene rings is 4. The van der Waals surface area contributed by atoms with Crippen molar-refractivity contribution in [3.05, 3.63) is 121 Å². The Labute approximate surface area is 266 Å². The van der Waals surface area contributed by atoms with Crippen LogP contribution in [0.2, 0.25) is 0 Å². The summed E-state index contributed by atoms with van der Waals surface area (Å²) in [5.41, 5.74) is 1.32. The smallest absolute Gasteiger partial charge is 0.264 e. The summed E-state index contributed by atoms with van der Waals surface area (Å²) in [6, 6.07) is 32.8. The van der Waals surface area contributed by atoms with Crippen LogP contribution in [-0.4, -0.2) is 50.8 Å². The van der Waals surface area contributed by atoms with Crippen LogP contribution in [0, 0.1) is 0 Å². The molecule has 236 valence electrons. The van der Waals surface area contributed by atoms with Gasteiger partial charge in [0.15, 0.2) is 0 Å². The first kappa shape index (κ1) is 33.3. The van der Waals surface area contributed by atoms with Gasteiger partial charge < -0.3 is 15.0 Å². The highest BCUT2D eigenvalue weighted by Crippen LogP contribution is 2.28. The number of carbonyl (C=O) groups excluding carboxylic acids is 2. The van der Waals surface area contributed by atoms with Gasteiger partial charge in [0, 0.05) is 13.1 Å². The van der Waals surface area contributed by atoms with Crippen molar-refractivity contribution in [1.82, 2.24) is 10.2 Å². The van der Waals surface area contributed by atoms with E-state index in [0.717, 1.165) is 22.7 Å². The fraction of sp³-hybridized carbons (Fsp3) is 0.278. The van der Waals surface area contributed by atoms with Crippen molar-refractivity contribution in [2.24, 2.45) is 0 Å². The number of carbonyl (C=O) groups is 2. The van der Waals surface area contributed by atoms with Crippen LogP contribution in [0.25, 0.3) is 0 Å². The first-order chi connectivity index (χ1) is 21.8. The van der Waals surface area contributed by atoms with Gasteiger partial charge in [0.25, 0.3) is 10.0 Å². The standard InChI is InChI=1S/C36H41N3O5S/c1-3-5-26-37-36(41)34(4-2)38(27-25-29-15-9-6-10-16-29)35(40)28-39(45(42,43)33-19-13-8-14-20-33)30-21-23-32(24-22-30)44-31-17-11-7-12-18-31/h6-24,34H,3-5,25-28H2,1-2H3,(H,37,41)/t34-/m0/s1. The third-order valence-electron chi connectivity index (χ3n) is 7.41. The molecule has 0 radical (unpaired) electrons. The van der Waals surface area contributed by atoms with Gasteiger partial charge in [-0.3, -0.25) is 13.9 Å². The van der Waals surface area contributed by atoms with Gasteiger partial charge in [-0.05, 0) is 73.4 Å². The Balaban J connectivity index is 1.66. The minimum Gasteiger partial charge on any atom is -0.457 e. The summed E-state index contributed by atoms with van der Waals surface area (Å²) >= 11 is 0. The Bertz CT molecular complexity index is 1600. The summed E-state index contributed by atoms with van der Waals surface area (Å²) in [5.74, 6) is 0.457. The van der Waals surface area contributed by atoms with E-state index in [4.69, 9.17) is 4.74 Å². The normalized spacial score (nSPS) is 11.8. The Morgan fingerprint density at radius 1 is 0.778 bits per heavy atom. The van der Waals surface area contributed by atoms with Gasteiger partial charge >= 0.3 is 0 Å². The maximum atomic E-state index is 14.2. The largest absolute Gasteiger partial charge is 0.457 e. The number of sulfonamides is 1. The number of rotatable bonds is 16. The number of unbranched alkanes of at least 4 members (excludes halogenated alkanes) is 1. The van der Waals surface area contributed by atoms with Crippen molar-refractivity contribution >= 4 is 27.5 Å². The molecule has 4 aromatic rings. The lowest BCUT2D eigenvalue weighted by atomic mass is 10.1. The second-order valence-electron chi connectivity index (χ2n) is 10.6. The molecule has 9 heteroatoms. The van der Waals surface area contributed by atoms with Crippen LogP contribution in [0.1, 0.15) is 38.7 Å². The molecule has 0 bridgehead atoms. The van der Waals surface area contributed by atoms with E-state index in [2.05, 4.69) is 5.32 Å². The zero-order chi connectivity index (χ0) is 32.1. The van der Waals surface area contributed by atoms with Crippen LogP contribution >= 0.6 is 0 Å². The number of hydrogen-bond acceptors (Lipinski definition) is 5. The van der Waals surface area contributed by atoms with E-state index in [1.54, 1.807) is 42.5 Å². The van der Waals surface area contributed by atoms with Gasteiger partial charge in [-0.2, -0.15) is 0 Å². The average molecular weight is 628 g/mol. The highest BCUT2D eigenvalue weighted by atomic mass is 32.2. The summed E-state index contributed by atoms with van der Waals surface area (Å²) in [4.78, 5) is 29.1. The molecule has 0 saturated carbocycles. The number of hydrogen-bond donors (Lipinski definition) is 1. The van der Waals surface area contributed by atoms with Gasteiger partial charge in [0.05, 0.1) is 10.6 Å². The van der Waals surface area contributed by atoms with Crippen LogP contribution in [0.15, 0.2) is 120 Å². The molecule has 0 aliphatic rings. The quantitative estimate of drug-likeness (QED) is 0.144. The van der Waals surface area contributed by atoms with Crippen LogP contribution in [-0.2, 0) is 26.0 Å². The molecule has 45 heavy (non-hydrogen) atoms. The lowest BCUT2D eigenvalue weighted by Crippen LogP contribution is -2.53. The number of ether oxygens (including phenoxy) is 1. The lowest BCUT2D eigenvalue weighted by molar-refractivity contribution is -0.139. The van der Waals surface area contributed by atoms with Crippen LogP contribution < -0.4 is 14.4 Å². The molecular formula is C36H41N3O5S. The molecule has 0 aliphatic heterocycles. The van der Waals surface area contributed by atoms with Gasteiger partial charge in [-0.15, -0.1) is 0 Å². The minimum atomic E-state index is -4.15. The molecule has 0 saturated heterocycles. The highest BCUT2D eigenvalue weighted by molar-refractivity contribution is 7.92. The van der Waals surface area contributed by atoms with E-state index >= 15 is 0 Å². The molecular weight excluding hydrogens is 586 g/mol. The molecule has 8 nitrogen and oxygen atoms in total. The second-order valence-corrected chi connectivity index (χ2v) is 12.5. The molecule has 2 amide bonds.